The van der Waals surface area contributed by atoms with Crippen molar-refractivity contribution in [2.75, 3.05) is 6.61 Å². The first-order chi connectivity index (χ1) is 10.1. The van der Waals surface area contributed by atoms with Crippen molar-refractivity contribution in [2.45, 2.75) is 36.5 Å². The molecule has 0 saturated heterocycles. The molecule has 0 aromatic heterocycles. The molecule has 23 heavy (non-hydrogen) atoms. The van der Waals surface area contributed by atoms with Crippen molar-refractivity contribution < 1.29 is 67.1 Å². The maximum atomic E-state index is 12.0. The van der Waals surface area contributed by atoms with Crippen LogP contribution in [-0.4, -0.2) is 47.5 Å². The third kappa shape index (κ3) is 7.60. The zero-order valence-corrected chi connectivity index (χ0v) is 15.8. The van der Waals surface area contributed by atoms with Gasteiger partial charge in [0.25, 0.3) is 10.1 Å². The summed E-state index contributed by atoms with van der Waals surface area (Å²) in [6, 6.07) is 0. The minimum absolute atomic E-state index is 0. The van der Waals surface area contributed by atoms with Crippen molar-refractivity contribution in [3.8, 4) is 0 Å². The minimum Gasteiger partial charge on any atom is -0.550 e. The van der Waals surface area contributed by atoms with E-state index in [0.29, 0.717) is 6.42 Å². The fraction of sp³-hybridized carbons (Fsp3) is 0.538. The standard InChI is InChI=1S/C13H20O8S.Na/c1-3-5-6-10(14)8-13(9-11(15)16,22(18,19)20)12(17)21-7-4-2;/h3-4,10,14H,1-2,5-9H2,(H,15,16)(H,18,19,20);/q;+1/p-1. The molecule has 0 fully saturated rings. The number of aliphatic hydroxyl groups excluding tert-OH is 1. The van der Waals surface area contributed by atoms with Crippen LogP contribution >= 0.6 is 0 Å². The summed E-state index contributed by atoms with van der Waals surface area (Å²) in [6.45, 7) is 6.29. The van der Waals surface area contributed by atoms with Crippen LogP contribution in [0.1, 0.15) is 25.7 Å². The predicted octanol–water partition coefficient (Wildman–Crippen LogP) is -3.80. The Hall–Kier alpha value is -0.710. The van der Waals surface area contributed by atoms with Gasteiger partial charge in [-0.3, -0.25) is 9.35 Å². The molecule has 0 spiro atoms. The maximum absolute atomic E-state index is 12.0. The van der Waals surface area contributed by atoms with E-state index in [4.69, 9.17) is 0 Å². The number of carbonyl (C=O) groups is 2. The van der Waals surface area contributed by atoms with Gasteiger partial charge in [-0.25, -0.2) is 0 Å². The number of carboxylic acid groups (broad SMARTS) is 1. The van der Waals surface area contributed by atoms with Gasteiger partial charge in [-0.05, 0) is 12.8 Å². The number of carbonyl (C=O) groups excluding carboxylic acids is 2. The van der Waals surface area contributed by atoms with Gasteiger partial charge in [0.2, 0.25) is 4.75 Å². The van der Waals surface area contributed by atoms with E-state index in [9.17, 15) is 32.8 Å². The summed E-state index contributed by atoms with van der Waals surface area (Å²) in [7, 11) is -5.19. The first-order valence-electron chi connectivity index (χ1n) is 6.34. The van der Waals surface area contributed by atoms with Crippen molar-refractivity contribution in [1.29, 1.82) is 0 Å². The molecule has 0 aromatic rings. The maximum Gasteiger partial charge on any atom is 1.00 e. The zero-order valence-electron chi connectivity index (χ0n) is 12.9. The average molecular weight is 358 g/mol. The number of allylic oxidation sites excluding steroid dienone is 1. The first-order valence-corrected chi connectivity index (χ1v) is 7.78. The Morgan fingerprint density at radius 2 is 1.87 bits per heavy atom. The third-order valence-electron chi connectivity index (χ3n) is 2.90. The van der Waals surface area contributed by atoms with Gasteiger partial charge in [-0.15, -0.1) is 6.58 Å². The Morgan fingerprint density at radius 1 is 1.30 bits per heavy atom. The van der Waals surface area contributed by atoms with Crippen molar-refractivity contribution in [3.63, 3.8) is 0 Å². The van der Waals surface area contributed by atoms with Crippen LogP contribution in [0, 0.1) is 0 Å². The molecule has 0 aliphatic carbocycles. The molecule has 0 heterocycles. The quantitative estimate of drug-likeness (QED) is 0.166. The average Bonchev–Trinajstić information content (AvgIpc) is 2.39. The summed E-state index contributed by atoms with van der Waals surface area (Å²) < 4.78 is 34.3. The van der Waals surface area contributed by atoms with Crippen LogP contribution < -0.4 is 34.7 Å². The molecule has 0 amide bonds. The molecule has 0 bridgehead atoms. The van der Waals surface area contributed by atoms with Gasteiger partial charge in [0.1, 0.15) is 6.61 Å². The van der Waals surface area contributed by atoms with Crippen LogP contribution in [0.25, 0.3) is 0 Å². The molecule has 10 heteroatoms. The van der Waals surface area contributed by atoms with Crippen LogP contribution in [0.4, 0.5) is 0 Å². The van der Waals surface area contributed by atoms with Gasteiger partial charge in [-0.2, -0.15) is 8.42 Å². The Balaban J connectivity index is 0. The number of carboxylic acids is 1. The summed E-state index contributed by atoms with van der Waals surface area (Å²) >= 11 is 0. The summed E-state index contributed by atoms with van der Waals surface area (Å²) in [6.07, 6.45) is -0.627. The second-order valence-electron chi connectivity index (χ2n) is 4.63. The molecule has 0 rings (SSSR count). The van der Waals surface area contributed by atoms with E-state index >= 15 is 0 Å². The number of hydrogen-bond donors (Lipinski definition) is 2. The molecule has 2 atom stereocenters. The molecule has 0 aliphatic rings. The van der Waals surface area contributed by atoms with Crippen molar-refractivity contribution in [1.82, 2.24) is 0 Å². The largest absolute Gasteiger partial charge is 1.00 e. The number of hydrogen-bond acceptors (Lipinski definition) is 7. The van der Waals surface area contributed by atoms with Gasteiger partial charge in [-0.1, -0.05) is 18.7 Å². The fourth-order valence-corrected chi connectivity index (χ4v) is 2.79. The number of rotatable bonds is 11. The van der Waals surface area contributed by atoms with E-state index in [-0.39, 0.29) is 42.6 Å². The number of esters is 1. The van der Waals surface area contributed by atoms with E-state index in [1.165, 1.54) is 6.08 Å². The van der Waals surface area contributed by atoms with Gasteiger partial charge in [0, 0.05) is 18.8 Å². The number of aliphatic hydroxyl groups is 1. The Bertz CT molecular complexity index is 530. The second-order valence-corrected chi connectivity index (χ2v) is 6.36. The Kier molecular flexibility index (Phi) is 11.7. The predicted molar refractivity (Wildman–Crippen MR) is 75.1 cm³/mol. The summed E-state index contributed by atoms with van der Waals surface area (Å²) in [5.74, 6) is -3.37. The topological polar surface area (TPSA) is 141 Å². The Morgan fingerprint density at radius 3 is 2.26 bits per heavy atom. The summed E-state index contributed by atoms with van der Waals surface area (Å²) in [5, 5.41) is 20.6. The molecule has 0 aliphatic heterocycles. The molecule has 2 N–H and O–H groups in total. The van der Waals surface area contributed by atoms with Crippen LogP contribution in [-0.2, 0) is 24.4 Å². The monoisotopic (exact) mass is 358 g/mol. The molecule has 126 valence electrons. The smallest absolute Gasteiger partial charge is 0.550 e. The summed E-state index contributed by atoms with van der Waals surface area (Å²) in [4.78, 5) is 22.8. The Labute approximate surface area is 157 Å². The minimum atomic E-state index is -5.19. The first kappa shape index (κ1) is 24.5. The number of aliphatic carboxylic acids is 1. The molecule has 0 saturated carbocycles. The second kappa shape index (κ2) is 11.0. The molecule has 8 nitrogen and oxygen atoms in total. The SMILES string of the molecule is C=CCCC(O)CC(CC(=O)[O-])(C(=O)OCC=C)S(=O)(=O)O.[Na+]. The molecular weight excluding hydrogens is 339 g/mol. The molecular formula is C13H19NaO8S. The van der Waals surface area contributed by atoms with E-state index in [1.807, 2.05) is 0 Å². The molecule has 0 aromatic carbocycles. The van der Waals surface area contributed by atoms with Crippen LogP contribution in [0.2, 0.25) is 0 Å². The molecule has 2 unspecified atom stereocenters. The van der Waals surface area contributed by atoms with E-state index in [2.05, 4.69) is 17.9 Å². The van der Waals surface area contributed by atoms with Crippen molar-refractivity contribution in [2.24, 2.45) is 0 Å². The van der Waals surface area contributed by atoms with Crippen LogP contribution in [0.5, 0.6) is 0 Å². The van der Waals surface area contributed by atoms with Gasteiger partial charge >= 0.3 is 35.5 Å². The van der Waals surface area contributed by atoms with E-state index < -0.39 is 45.7 Å². The zero-order chi connectivity index (χ0) is 17.4. The number of ether oxygens (including phenoxy) is 1. The van der Waals surface area contributed by atoms with Crippen molar-refractivity contribution >= 4 is 22.1 Å². The molecule has 0 radical (unpaired) electrons. The summed E-state index contributed by atoms with van der Waals surface area (Å²) in [5.41, 5.74) is 0. The van der Waals surface area contributed by atoms with Crippen LogP contribution in [0.15, 0.2) is 25.3 Å². The normalized spacial score (nSPS) is 14.7. The third-order valence-corrected chi connectivity index (χ3v) is 4.36. The van der Waals surface area contributed by atoms with E-state index in [1.54, 1.807) is 0 Å². The fourth-order valence-electron chi connectivity index (χ4n) is 1.82. The van der Waals surface area contributed by atoms with Gasteiger partial charge < -0.3 is 19.7 Å². The van der Waals surface area contributed by atoms with Crippen LogP contribution in [0.3, 0.4) is 0 Å². The van der Waals surface area contributed by atoms with E-state index in [0.717, 1.165) is 6.08 Å². The van der Waals surface area contributed by atoms with Gasteiger partial charge in [0.05, 0.1) is 6.10 Å². The van der Waals surface area contributed by atoms with Gasteiger partial charge in [0.15, 0.2) is 0 Å². The van der Waals surface area contributed by atoms with Crippen molar-refractivity contribution in [3.05, 3.63) is 25.3 Å².